The van der Waals surface area contributed by atoms with Crippen LogP contribution in [0, 0.1) is 5.92 Å². The summed E-state index contributed by atoms with van der Waals surface area (Å²) in [5, 5.41) is 18.8. The predicted molar refractivity (Wildman–Crippen MR) is 69.9 cm³/mol. The third-order valence-electron chi connectivity index (χ3n) is 2.77. The Morgan fingerprint density at radius 1 is 1.11 bits per heavy atom. The standard InChI is InChI=1S/C15H14O3/c16-12-8-5-11(6-9-12)7-10-15(18)13-3-1-2-4-14(13)17/h1-10,13-14,16-17H. The molecule has 1 aliphatic carbocycles. The van der Waals surface area contributed by atoms with E-state index in [2.05, 4.69) is 0 Å². The Labute approximate surface area is 105 Å². The molecule has 0 saturated heterocycles. The van der Waals surface area contributed by atoms with E-state index in [1.54, 1.807) is 54.6 Å². The molecule has 0 spiro atoms. The van der Waals surface area contributed by atoms with Crippen LogP contribution in [0.15, 0.2) is 54.6 Å². The lowest BCUT2D eigenvalue weighted by atomic mass is 9.93. The second-order valence-electron chi connectivity index (χ2n) is 4.11. The Morgan fingerprint density at radius 3 is 2.44 bits per heavy atom. The van der Waals surface area contributed by atoms with Crippen molar-refractivity contribution in [3.63, 3.8) is 0 Å². The van der Waals surface area contributed by atoms with E-state index >= 15 is 0 Å². The van der Waals surface area contributed by atoms with Gasteiger partial charge >= 0.3 is 0 Å². The maximum absolute atomic E-state index is 11.9. The minimum absolute atomic E-state index is 0.142. The summed E-state index contributed by atoms with van der Waals surface area (Å²) in [5.74, 6) is -0.464. The van der Waals surface area contributed by atoms with Crippen LogP contribution >= 0.6 is 0 Å². The Kier molecular flexibility index (Phi) is 3.75. The molecule has 1 aromatic rings. The summed E-state index contributed by atoms with van der Waals surface area (Å²) in [6, 6.07) is 6.54. The molecule has 2 N–H and O–H groups in total. The van der Waals surface area contributed by atoms with E-state index in [1.807, 2.05) is 0 Å². The smallest absolute Gasteiger partial charge is 0.165 e. The van der Waals surface area contributed by atoms with E-state index in [0.717, 1.165) is 5.56 Å². The van der Waals surface area contributed by atoms with Crippen molar-refractivity contribution in [1.82, 2.24) is 0 Å². The molecular weight excluding hydrogens is 228 g/mol. The van der Waals surface area contributed by atoms with Crippen LogP contribution < -0.4 is 0 Å². The monoisotopic (exact) mass is 242 g/mol. The summed E-state index contributed by atoms with van der Waals surface area (Å²) < 4.78 is 0. The molecule has 18 heavy (non-hydrogen) atoms. The highest BCUT2D eigenvalue weighted by molar-refractivity contribution is 5.97. The second kappa shape index (κ2) is 5.47. The Hall–Kier alpha value is -2.13. The van der Waals surface area contributed by atoms with Gasteiger partial charge in [0.15, 0.2) is 5.78 Å². The Balaban J connectivity index is 2.05. The number of rotatable bonds is 3. The minimum Gasteiger partial charge on any atom is -0.508 e. The van der Waals surface area contributed by atoms with Crippen LogP contribution in [0.1, 0.15) is 5.56 Å². The van der Waals surface area contributed by atoms with Crippen molar-refractivity contribution in [3.8, 4) is 5.75 Å². The van der Waals surface area contributed by atoms with E-state index in [1.165, 1.54) is 6.08 Å². The van der Waals surface area contributed by atoms with Crippen LogP contribution in [0.2, 0.25) is 0 Å². The summed E-state index contributed by atoms with van der Waals surface area (Å²) in [6.45, 7) is 0. The van der Waals surface area contributed by atoms with Crippen molar-refractivity contribution < 1.29 is 15.0 Å². The van der Waals surface area contributed by atoms with Gasteiger partial charge in [0, 0.05) is 0 Å². The highest BCUT2D eigenvalue weighted by Crippen LogP contribution is 2.16. The van der Waals surface area contributed by atoms with Gasteiger partial charge in [-0.05, 0) is 23.8 Å². The number of hydrogen-bond donors (Lipinski definition) is 2. The molecule has 2 atom stereocenters. The largest absolute Gasteiger partial charge is 0.508 e. The van der Waals surface area contributed by atoms with Crippen molar-refractivity contribution in [1.29, 1.82) is 0 Å². The number of aliphatic hydroxyl groups excluding tert-OH is 1. The zero-order valence-electron chi connectivity index (χ0n) is 9.73. The fourth-order valence-corrected chi connectivity index (χ4v) is 1.73. The number of carbonyl (C=O) groups is 1. The van der Waals surface area contributed by atoms with Crippen molar-refractivity contribution >= 4 is 11.9 Å². The number of ketones is 1. The van der Waals surface area contributed by atoms with Gasteiger partial charge in [-0.1, -0.05) is 42.5 Å². The maximum Gasteiger partial charge on any atom is 0.165 e. The van der Waals surface area contributed by atoms with E-state index in [9.17, 15) is 9.90 Å². The molecule has 92 valence electrons. The van der Waals surface area contributed by atoms with Crippen LogP contribution in [-0.2, 0) is 4.79 Å². The normalized spacial score (nSPS) is 22.5. The van der Waals surface area contributed by atoms with Crippen LogP contribution in [0.4, 0.5) is 0 Å². The minimum atomic E-state index is -0.757. The molecule has 0 heterocycles. The third kappa shape index (κ3) is 2.96. The number of aliphatic hydroxyl groups is 1. The summed E-state index contributed by atoms with van der Waals surface area (Å²) >= 11 is 0. The summed E-state index contributed by atoms with van der Waals surface area (Å²) in [7, 11) is 0. The number of phenols is 1. The van der Waals surface area contributed by atoms with Crippen molar-refractivity contribution in [2.75, 3.05) is 0 Å². The second-order valence-corrected chi connectivity index (χ2v) is 4.11. The Bertz CT molecular complexity index is 509. The van der Waals surface area contributed by atoms with E-state index in [0.29, 0.717) is 0 Å². The first-order valence-electron chi connectivity index (χ1n) is 5.71. The van der Waals surface area contributed by atoms with E-state index in [4.69, 9.17) is 5.11 Å². The fourth-order valence-electron chi connectivity index (χ4n) is 1.73. The molecule has 0 bridgehead atoms. The summed E-state index contributed by atoms with van der Waals surface area (Å²) in [4.78, 5) is 11.9. The van der Waals surface area contributed by atoms with Gasteiger partial charge in [-0.15, -0.1) is 0 Å². The number of aromatic hydroxyl groups is 1. The average molecular weight is 242 g/mol. The highest BCUT2D eigenvalue weighted by atomic mass is 16.3. The van der Waals surface area contributed by atoms with Gasteiger partial charge in [-0.3, -0.25) is 4.79 Å². The Morgan fingerprint density at radius 2 is 1.78 bits per heavy atom. The van der Waals surface area contributed by atoms with Crippen molar-refractivity contribution in [2.24, 2.45) is 5.92 Å². The molecule has 0 saturated carbocycles. The van der Waals surface area contributed by atoms with Crippen molar-refractivity contribution in [3.05, 3.63) is 60.2 Å². The first-order chi connectivity index (χ1) is 8.66. The van der Waals surface area contributed by atoms with Crippen LogP contribution in [0.3, 0.4) is 0 Å². The molecule has 2 rings (SSSR count). The first-order valence-corrected chi connectivity index (χ1v) is 5.71. The van der Waals surface area contributed by atoms with E-state index < -0.39 is 12.0 Å². The van der Waals surface area contributed by atoms with Crippen molar-refractivity contribution in [2.45, 2.75) is 6.10 Å². The predicted octanol–water partition coefficient (Wildman–Crippen LogP) is 2.08. The van der Waals surface area contributed by atoms with Gasteiger partial charge < -0.3 is 10.2 Å². The van der Waals surface area contributed by atoms with Crippen LogP contribution in [-0.4, -0.2) is 22.1 Å². The lowest BCUT2D eigenvalue weighted by Gasteiger charge is -2.15. The quantitative estimate of drug-likeness (QED) is 0.798. The summed E-state index contributed by atoms with van der Waals surface area (Å²) in [5.41, 5.74) is 0.825. The van der Waals surface area contributed by atoms with Gasteiger partial charge in [0.1, 0.15) is 5.75 Å². The molecule has 3 nitrogen and oxygen atoms in total. The zero-order valence-corrected chi connectivity index (χ0v) is 9.73. The molecule has 0 aliphatic heterocycles. The van der Waals surface area contributed by atoms with Crippen LogP contribution in [0.25, 0.3) is 6.08 Å². The molecular formula is C15H14O3. The van der Waals surface area contributed by atoms with Gasteiger partial charge in [0.05, 0.1) is 12.0 Å². The lowest BCUT2D eigenvalue weighted by Crippen LogP contribution is -2.24. The van der Waals surface area contributed by atoms with Crippen LogP contribution in [0.5, 0.6) is 5.75 Å². The van der Waals surface area contributed by atoms with Gasteiger partial charge in [-0.2, -0.15) is 0 Å². The molecule has 2 unspecified atom stereocenters. The molecule has 0 radical (unpaired) electrons. The fraction of sp³-hybridized carbons (Fsp3) is 0.133. The molecule has 1 aromatic carbocycles. The first kappa shape index (κ1) is 12.3. The zero-order chi connectivity index (χ0) is 13.0. The third-order valence-corrected chi connectivity index (χ3v) is 2.77. The maximum atomic E-state index is 11.9. The average Bonchev–Trinajstić information content (AvgIpc) is 2.38. The SMILES string of the molecule is O=C(C=Cc1ccc(O)cc1)C1C=CC=CC1O. The number of allylic oxidation sites excluding steroid dienone is 3. The van der Waals surface area contributed by atoms with E-state index in [-0.39, 0.29) is 11.5 Å². The van der Waals surface area contributed by atoms with Gasteiger partial charge in [-0.25, -0.2) is 0 Å². The molecule has 0 amide bonds. The lowest BCUT2D eigenvalue weighted by molar-refractivity contribution is -0.118. The van der Waals surface area contributed by atoms with Gasteiger partial charge in [0.25, 0.3) is 0 Å². The number of benzene rings is 1. The molecule has 1 aliphatic rings. The number of carbonyl (C=O) groups excluding carboxylic acids is 1. The molecule has 0 aromatic heterocycles. The topological polar surface area (TPSA) is 57.5 Å². The molecule has 0 fully saturated rings. The highest BCUT2D eigenvalue weighted by Gasteiger charge is 2.21. The summed E-state index contributed by atoms with van der Waals surface area (Å²) in [6.07, 6.45) is 9.11. The van der Waals surface area contributed by atoms with Gasteiger partial charge in [0.2, 0.25) is 0 Å². The number of phenolic OH excluding ortho intramolecular Hbond substituents is 1. The molecule has 3 heteroatoms. The number of hydrogen-bond acceptors (Lipinski definition) is 3.